The van der Waals surface area contributed by atoms with Crippen LogP contribution in [0.1, 0.15) is 37.2 Å². The molecule has 6 nitrogen and oxygen atoms in total. The summed E-state index contributed by atoms with van der Waals surface area (Å²) in [6.45, 7) is 4.66. The predicted molar refractivity (Wildman–Crippen MR) is 133 cm³/mol. The first-order chi connectivity index (χ1) is 15.5. The Morgan fingerprint density at radius 3 is 2.27 bits per heavy atom. The molecule has 178 valence electrons. The molecular formula is C23H25Cl3N2O4S. The van der Waals surface area contributed by atoms with Gasteiger partial charge in [0.25, 0.3) is 0 Å². The fourth-order valence-electron chi connectivity index (χ4n) is 3.25. The van der Waals surface area contributed by atoms with Crippen molar-refractivity contribution in [2.24, 2.45) is 0 Å². The van der Waals surface area contributed by atoms with Gasteiger partial charge in [-0.2, -0.15) is 0 Å². The Balaban J connectivity index is 1.79. The second-order valence-corrected chi connectivity index (χ2v) is 11.2. The van der Waals surface area contributed by atoms with E-state index in [1.165, 1.54) is 0 Å². The fraction of sp³-hybridized carbons (Fsp3) is 0.348. The van der Waals surface area contributed by atoms with E-state index in [1.807, 2.05) is 36.4 Å². The lowest BCUT2D eigenvalue weighted by molar-refractivity contribution is 0.318. The summed E-state index contributed by atoms with van der Waals surface area (Å²) in [4.78, 5) is 0. The summed E-state index contributed by atoms with van der Waals surface area (Å²) in [6.07, 6.45) is 1.79. The minimum Gasteiger partial charge on any atom is -0.490 e. The summed E-state index contributed by atoms with van der Waals surface area (Å²) in [6, 6.07) is 13.3. The smallest absolute Gasteiger partial charge is 0.209 e. The number of aromatic nitrogens is 1. The number of benzene rings is 2. The first-order valence-electron chi connectivity index (χ1n) is 10.2. The molecular weight excluding hydrogens is 507 g/mol. The molecule has 1 heterocycles. The number of ether oxygens (including phenoxy) is 1. The first kappa shape index (κ1) is 25.8. The molecule has 1 N–H and O–H groups in total. The Kier molecular flexibility index (Phi) is 8.35. The Bertz CT molecular complexity index is 1190. The van der Waals surface area contributed by atoms with E-state index >= 15 is 0 Å². The summed E-state index contributed by atoms with van der Waals surface area (Å²) < 4.78 is 35.8. The third-order valence-corrected chi connectivity index (χ3v) is 6.71. The molecule has 0 atom stereocenters. The Hall–Kier alpha value is -1.77. The van der Waals surface area contributed by atoms with Crippen molar-refractivity contribution in [1.82, 2.24) is 9.88 Å². The van der Waals surface area contributed by atoms with Crippen LogP contribution in [0.3, 0.4) is 0 Å². The molecule has 0 fully saturated rings. The first-order valence-corrected chi connectivity index (χ1v) is 13.4. The van der Waals surface area contributed by atoms with Gasteiger partial charge in [0.05, 0.1) is 29.5 Å². The van der Waals surface area contributed by atoms with E-state index in [2.05, 4.69) is 23.7 Å². The van der Waals surface area contributed by atoms with Crippen LogP contribution in [0.15, 0.2) is 47.0 Å². The van der Waals surface area contributed by atoms with Crippen LogP contribution in [-0.4, -0.2) is 32.3 Å². The maximum atomic E-state index is 11.2. The van der Waals surface area contributed by atoms with Crippen LogP contribution in [0.5, 0.6) is 5.75 Å². The molecule has 2 aromatic carbocycles. The maximum absolute atomic E-state index is 11.2. The number of hydrogen-bond donors (Lipinski definition) is 1. The van der Waals surface area contributed by atoms with Gasteiger partial charge in [-0.15, -0.1) is 11.6 Å². The second-order valence-electron chi connectivity index (χ2n) is 8.13. The molecule has 0 aliphatic carbocycles. The molecule has 0 saturated heterocycles. The van der Waals surface area contributed by atoms with Gasteiger partial charge in [0.2, 0.25) is 10.0 Å². The zero-order valence-corrected chi connectivity index (χ0v) is 21.6. The minimum absolute atomic E-state index is 0.0457. The Morgan fingerprint density at radius 1 is 1.06 bits per heavy atom. The van der Waals surface area contributed by atoms with Gasteiger partial charge in [0.15, 0.2) is 11.5 Å². The average molecular weight is 532 g/mol. The number of hydrogen-bond acceptors (Lipinski definition) is 5. The molecule has 0 saturated carbocycles. The van der Waals surface area contributed by atoms with Crippen molar-refractivity contribution in [3.05, 3.63) is 69.4 Å². The largest absolute Gasteiger partial charge is 0.490 e. The Morgan fingerprint density at radius 2 is 1.70 bits per heavy atom. The number of rotatable bonds is 10. The Labute approximate surface area is 209 Å². The molecule has 3 aromatic rings. The van der Waals surface area contributed by atoms with E-state index in [0.717, 1.165) is 22.9 Å². The minimum atomic E-state index is -3.31. The molecule has 33 heavy (non-hydrogen) atoms. The topological polar surface area (TPSA) is 81.4 Å². The summed E-state index contributed by atoms with van der Waals surface area (Å²) in [5, 5.41) is 4.94. The van der Waals surface area contributed by atoms with Crippen LogP contribution in [0.25, 0.3) is 11.3 Å². The predicted octanol–water partition coefficient (Wildman–Crippen LogP) is 6.03. The molecule has 0 bridgehead atoms. The number of sulfonamides is 1. The van der Waals surface area contributed by atoms with Gasteiger partial charge >= 0.3 is 0 Å². The van der Waals surface area contributed by atoms with Crippen LogP contribution in [0.4, 0.5) is 0 Å². The SMILES string of the molecule is CC(C)(c1ccc(-c2cc(CNS(C)(=O)=O)on2)cc1)c1cc(Cl)c(OCCCCl)c(Cl)c1. The van der Waals surface area contributed by atoms with E-state index < -0.39 is 10.0 Å². The fourth-order valence-corrected chi connectivity index (χ4v) is 4.36. The quantitative estimate of drug-likeness (QED) is 0.255. The van der Waals surface area contributed by atoms with Gasteiger partial charge in [0.1, 0.15) is 5.69 Å². The molecule has 0 unspecified atom stereocenters. The molecule has 0 amide bonds. The van der Waals surface area contributed by atoms with Crippen molar-refractivity contribution in [2.75, 3.05) is 18.7 Å². The van der Waals surface area contributed by atoms with Crippen molar-refractivity contribution in [1.29, 1.82) is 0 Å². The van der Waals surface area contributed by atoms with Crippen molar-refractivity contribution in [3.63, 3.8) is 0 Å². The van der Waals surface area contributed by atoms with E-state index in [9.17, 15) is 8.42 Å². The van der Waals surface area contributed by atoms with Crippen molar-refractivity contribution in [3.8, 4) is 17.0 Å². The second kappa shape index (κ2) is 10.7. The molecule has 3 rings (SSSR count). The highest BCUT2D eigenvalue weighted by Crippen LogP contribution is 2.40. The summed E-state index contributed by atoms with van der Waals surface area (Å²) in [7, 11) is -3.31. The lowest BCUT2D eigenvalue weighted by atomic mass is 9.78. The van der Waals surface area contributed by atoms with Crippen LogP contribution in [-0.2, 0) is 22.0 Å². The number of alkyl halides is 1. The summed E-state index contributed by atoms with van der Waals surface area (Å²) in [5.74, 6) is 1.40. The van der Waals surface area contributed by atoms with E-state index in [-0.39, 0.29) is 12.0 Å². The van der Waals surface area contributed by atoms with E-state index in [1.54, 1.807) is 6.07 Å². The molecule has 0 spiro atoms. The normalized spacial score (nSPS) is 12.2. The van der Waals surface area contributed by atoms with Gasteiger partial charge in [-0.3, -0.25) is 0 Å². The highest BCUT2D eigenvalue weighted by molar-refractivity contribution is 7.88. The van der Waals surface area contributed by atoms with Gasteiger partial charge in [-0.1, -0.05) is 66.5 Å². The lowest BCUT2D eigenvalue weighted by Gasteiger charge is -2.27. The van der Waals surface area contributed by atoms with Gasteiger partial charge in [-0.25, -0.2) is 13.1 Å². The maximum Gasteiger partial charge on any atom is 0.209 e. The van der Waals surface area contributed by atoms with Crippen molar-refractivity contribution >= 4 is 44.8 Å². The van der Waals surface area contributed by atoms with Crippen LogP contribution < -0.4 is 9.46 Å². The average Bonchev–Trinajstić information content (AvgIpc) is 3.23. The van der Waals surface area contributed by atoms with Crippen LogP contribution in [0, 0.1) is 0 Å². The van der Waals surface area contributed by atoms with Crippen molar-refractivity contribution in [2.45, 2.75) is 32.2 Å². The number of nitrogens with zero attached hydrogens (tertiary/aromatic N) is 1. The summed E-state index contributed by atoms with van der Waals surface area (Å²) >= 11 is 18.6. The zero-order valence-electron chi connectivity index (χ0n) is 18.5. The summed E-state index contributed by atoms with van der Waals surface area (Å²) in [5.41, 5.74) is 3.09. The van der Waals surface area contributed by atoms with Gasteiger partial charge < -0.3 is 9.26 Å². The lowest BCUT2D eigenvalue weighted by Crippen LogP contribution is -2.20. The monoisotopic (exact) mass is 530 g/mol. The third-order valence-electron chi connectivity index (χ3n) is 5.21. The molecule has 0 aliphatic rings. The molecule has 0 radical (unpaired) electrons. The van der Waals surface area contributed by atoms with Crippen LogP contribution in [0.2, 0.25) is 10.0 Å². The highest BCUT2D eigenvalue weighted by Gasteiger charge is 2.26. The van der Waals surface area contributed by atoms with Crippen LogP contribution >= 0.6 is 34.8 Å². The van der Waals surface area contributed by atoms with E-state index in [0.29, 0.717) is 46.2 Å². The third kappa shape index (κ3) is 6.64. The zero-order chi connectivity index (χ0) is 24.2. The number of nitrogens with one attached hydrogen (secondary N) is 1. The molecule has 1 aromatic heterocycles. The standard InChI is InChI=1S/C23H25Cl3N2O4S/c1-23(2,17-11-19(25)22(20(26)12-17)31-10-4-9-24)16-7-5-15(6-8-16)21-13-18(32-28-21)14-27-33(3,29)30/h5-8,11-13,27H,4,9-10,14H2,1-3H3. The highest BCUT2D eigenvalue weighted by atomic mass is 35.5. The van der Waals surface area contributed by atoms with Gasteiger partial charge in [-0.05, 0) is 29.7 Å². The van der Waals surface area contributed by atoms with Gasteiger partial charge in [0, 0.05) is 22.9 Å². The molecule has 10 heteroatoms. The van der Waals surface area contributed by atoms with E-state index in [4.69, 9.17) is 44.1 Å². The number of halogens is 3. The van der Waals surface area contributed by atoms with Crippen molar-refractivity contribution < 1.29 is 17.7 Å². The molecule has 0 aliphatic heterocycles.